The molecule has 44 heavy (non-hydrogen) atoms. The molecule has 0 aliphatic carbocycles. The van der Waals surface area contributed by atoms with Crippen molar-refractivity contribution in [1.29, 1.82) is 0 Å². The lowest BCUT2D eigenvalue weighted by molar-refractivity contribution is -0.149. The van der Waals surface area contributed by atoms with Crippen molar-refractivity contribution < 1.29 is 37.0 Å². The summed E-state index contributed by atoms with van der Waals surface area (Å²) in [6.07, 6.45) is -5.25. The number of carbonyl (C=O) groups excluding carboxylic acids is 3. The summed E-state index contributed by atoms with van der Waals surface area (Å²) >= 11 is 0. The highest BCUT2D eigenvalue weighted by Gasteiger charge is 2.41. The van der Waals surface area contributed by atoms with Gasteiger partial charge in [0.05, 0.1) is 0 Å². The van der Waals surface area contributed by atoms with Crippen molar-refractivity contribution in [3.8, 4) is 5.75 Å². The van der Waals surface area contributed by atoms with Crippen molar-refractivity contribution >= 4 is 17.9 Å². The molecule has 2 N–H and O–H groups in total. The van der Waals surface area contributed by atoms with E-state index in [0.29, 0.717) is 37.4 Å². The maximum Gasteiger partial charge on any atom is 0.411 e. The van der Waals surface area contributed by atoms with Crippen LogP contribution in [-0.4, -0.2) is 77.7 Å². The van der Waals surface area contributed by atoms with E-state index in [1.165, 1.54) is 18.7 Å². The molecule has 9 nitrogen and oxygen atoms in total. The summed E-state index contributed by atoms with van der Waals surface area (Å²) in [6, 6.07) is 14.4. The van der Waals surface area contributed by atoms with Crippen LogP contribution < -0.4 is 15.4 Å². The number of nitrogens with one attached hydrogen (secondary N) is 2. The molecule has 2 aromatic rings. The SMILES string of the molecule is CC(C)N(CCNC(=O)C1c2ccc(OCc3ccccc3)cc2CCN1C(=O)OC(C)(C)C(=O)NCC(F)(F)F)C(C)C. The van der Waals surface area contributed by atoms with Gasteiger partial charge in [0, 0.05) is 31.7 Å². The molecule has 0 fully saturated rings. The quantitative estimate of drug-likeness (QED) is 0.347. The Morgan fingerprint density at radius 2 is 1.66 bits per heavy atom. The topological polar surface area (TPSA) is 100 Å². The number of hydrogen-bond acceptors (Lipinski definition) is 6. The van der Waals surface area contributed by atoms with Gasteiger partial charge < -0.3 is 20.1 Å². The van der Waals surface area contributed by atoms with E-state index in [4.69, 9.17) is 9.47 Å². The van der Waals surface area contributed by atoms with E-state index in [-0.39, 0.29) is 18.6 Å². The van der Waals surface area contributed by atoms with Crippen LogP contribution in [0.2, 0.25) is 0 Å². The van der Waals surface area contributed by atoms with Gasteiger partial charge in [-0.05, 0) is 76.8 Å². The second-order valence-electron chi connectivity index (χ2n) is 11.9. The van der Waals surface area contributed by atoms with E-state index in [1.807, 2.05) is 36.4 Å². The Labute approximate surface area is 257 Å². The van der Waals surface area contributed by atoms with Crippen molar-refractivity contribution in [1.82, 2.24) is 20.4 Å². The Bertz CT molecular complexity index is 1280. The number of hydrogen-bond donors (Lipinski definition) is 2. The van der Waals surface area contributed by atoms with Crippen molar-refractivity contribution in [2.75, 3.05) is 26.2 Å². The van der Waals surface area contributed by atoms with Crippen LogP contribution >= 0.6 is 0 Å². The predicted octanol–water partition coefficient (Wildman–Crippen LogP) is 4.99. The lowest BCUT2D eigenvalue weighted by Gasteiger charge is -2.38. The maximum absolute atomic E-state index is 13.7. The fourth-order valence-corrected chi connectivity index (χ4v) is 5.15. The number of fused-ring (bicyclic) bond motifs is 1. The summed E-state index contributed by atoms with van der Waals surface area (Å²) in [5.74, 6) is -0.938. The third-order valence-electron chi connectivity index (χ3n) is 7.41. The van der Waals surface area contributed by atoms with Crippen molar-refractivity contribution in [3.05, 3.63) is 65.2 Å². The van der Waals surface area contributed by atoms with Crippen LogP contribution in [0.25, 0.3) is 0 Å². The molecule has 0 spiro atoms. The van der Waals surface area contributed by atoms with E-state index >= 15 is 0 Å². The largest absolute Gasteiger partial charge is 0.489 e. The zero-order valence-electron chi connectivity index (χ0n) is 26.2. The third-order valence-corrected chi connectivity index (χ3v) is 7.41. The molecule has 0 saturated heterocycles. The average Bonchev–Trinajstić information content (AvgIpc) is 2.95. The van der Waals surface area contributed by atoms with Crippen LogP contribution in [0.1, 0.15) is 64.3 Å². The third kappa shape index (κ3) is 9.60. The molecule has 0 aromatic heterocycles. The molecule has 1 atom stereocenters. The van der Waals surface area contributed by atoms with E-state index < -0.39 is 42.3 Å². The monoisotopic (exact) mass is 620 g/mol. The van der Waals surface area contributed by atoms with E-state index in [2.05, 4.69) is 37.9 Å². The molecule has 3 rings (SSSR count). The maximum atomic E-state index is 13.7. The van der Waals surface area contributed by atoms with Gasteiger partial charge in [0.1, 0.15) is 24.9 Å². The van der Waals surface area contributed by atoms with Crippen LogP contribution in [-0.2, 0) is 27.4 Å². The van der Waals surface area contributed by atoms with Gasteiger partial charge in [0.2, 0.25) is 5.91 Å². The van der Waals surface area contributed by atoms with Gasteiger partial charge in [0.15, 0.2) is 5.60 Å². The Kier molecular flexibility index (Phi) is 11.7. The number of benzene rings is 2. The van der Waals surface area contributed by atoms with Gasteiger partial charge in [-0.1, -0.05) is 36.4 Å². The number of alkyl halides is 3. The fraction of sp³-hybridized carbons (Fsp3) is 0.531. The first kappa shape index (κ1) is 34.7. The average molecular weight is 621 g/mol. The van der Waals surface area contributed by atoms with Gasteiger partial charge in [-0.3, -0.25) is 19.4 Å². The molecule has 3 amide bonds. The normalized spacial score (nSPS) is 15.3. The Morgan fingerprint density at radius 1 is 1.00 bits per heavy atom. The zero-order chi connectivity index (χ0) is 32.7. The number of carbonyl (C=O) groups is 3. The number of amides is 3. The standard InChI is InChI=1S/C32H43F3N4O5/c1-21(2)38(22(3)4)17-15-36-28(40)27-26-13-12-25(43-19-23-10-8-7-9-11-23)18-24(26)14-16-39(27)30(42)44-31(5,6)29(41)37-20-32(33,34)35/h7-13,18,21-22,27H,14-17,19-20H2,1-6H3,(H,36,40)(H,37,41). The highest BCUT2D eigenvalue weighted by molar-refractivity contribution is 5.90. The number of halogens is 3. The smallest absolute Gasteiger partial charge is 0.411 e. The second-order valence-corrected chi connectivity index (χ2v) is 11.9. The lowest BCUT2D eigenvalue weighted by Crippen LogP contribution is -2.53. The predicted molar refractivity (Wildman–Crippen MR) is 160 cm³/mol. The van der Waals surface area contributed by atoms with Crippen molar-refractivity contribution in [3.63, 3.8) is 0 Å². The molecule has 0 bridgehead atoms. The number of nitrogens with zero attached hydrogens (tertiary/aromatic N) is 2. The first-order valence-corrected chi connectivity index (χ1v) is 14.8. The summed E-state index contributed by atoms with van der Waals surface area (Å²) in [6.45, 7) is 10.5. The van der Waals surface area contributed by atoms with Gasteiger partial charge >= 0.3 is 12.3 Å². The summed E-state index contributed by atoms with van der Waals surface area (Å²) < 4.78 is 49.3. The van der Waals surface area contributed by atoms with E-state index in [1.54, 1.807) is 17.4 Å². The molecule has 0 radical (unpaired) electrons. The molecule has 0 saturated carbocycles. The molecule has 1 aliphatic heterocycles. The molecule has 1 unspecified atom stereocenters. The molecule has 12 heteroatoms. The first-order chi connectivity index (χ1) is 20.6. The summed E-state index contributed by atoms with van der Waals surface area (Å²) in [5, 5.41) is 4.69. The van der Waals surface area contributed by atoms with E-state index in [0.717, 1.165) is 11.1 Å². The summed E-state index contributed by atoms with van der Waals surface area (Å²) in [7, 11) is 0. The van der Waals surface area contributed by atoms with Crippen molar-refractivity contribution in [2.24, 2.45) is 0 Å². The minimum absolute atomic E-state index is 0.0798. The van der Waals surface area contributed by atoms with Crippen LogP contribution in [0.4, 0.5) is 18.0 Å². The van der Waals surface area contributed by atoms with Crippen LogP contribution in [0.15, 0.2) is 48.5 Å². The molecular formula is C32H43F3N4O5. The first-order valence-electron chi connectivity index (χ1n) is 14.8. The zero-order valence-corrected chi connectivity index (χ0v) is 26.2. The van der Waals surface area contributed by atoms with Gasteiger partial charge in [-0.2, -0.15) is 13.2 Å². The van der Waals surface area contributed by atoms with E-state index in [9.17, 15) is 27.6 Å². The minimum atomic E-state index is -4.63. The molecule has 1 heterocycles. The highest BCUT2D eigenvalue weighted by atomic mass is 19.4. The van der Waals surface area contributed by atoms with Gasteiger partial charge in [-0.15, -0.1) is 0 Å². The number of rotatable bonds is 12. The van der Waals surface area contributed by atoms with Gasteiger partial charge in [-0.25, -0.2) is 4.79 Å². The van der Waals surface area contributed by atoms with Gasteiger partial charge in [0.25, 0.3) is 5.91 Å². The summed E-state index contributed by atoms with van der Waals surface area (Å²) in [5.41, 5.74) is 0.457. The molecule has 2 aromatic carbocycles. The lowest BCUT2D eigenvalue weighted by atomic mass is 9.92. The molecular weight excluding hydrogens is 577 g/mol. The Morgan fingerprint density at radius 3 is 2.27 bits per heavy atom. The fourth-order valence-electron chi connectivity index (χ4n) is 5.15. The van der Waals surface area contributed by atoms with Crippen LogP contribution in [0.3, 0.4) is 0 Å². The summed E-state index contributed by atoms with van der Waals surface area (Å²) in [4.78, 5) is 43.0. The number of ether oxygens (including phenoxy) is 2. The Balaban J connectivity index is 1.82. The second kappa shape index (κ2) is 14.8. The molecule has 242 valence electrons. The van der Waals surface area contributed by atoms with Crippen LogP contribution in [0.5, 0.6) is 5.75 Å². The molecule has 1 aliphatic rings. The highest BCUT2D eigenvalue weighted by Crippen LogP contribution is 2.34. The Hall–Kier alpha value is -3.80. The minimum Gasteiger partial charge on any atom is -0.489 e. The van der Waals surface area contributed by atoms with Crippen LogP contribution in [0, 0.1) is 0 Å². The van der Waals surface area contributed by atoms with Crippen molar-refractivity contribution in [2.45, 2.75) is 84.5 Å².